The molecule has 1 aliphatic carbocycles. The predicted molar refractivity (Wildman–Crippen MR) is 81.7 cm³/mol. The molecule has 0 spiro atoms. The van der Waals surface area contributed by atoms with Crippen LogP contribution in [0.25, 0.3) is 0 Å². The summed E-state index contributed by atoms with van der Waals surface area (Å²) < 4.78 is 14.0. The zero-order chi connectivity index (χ0) is 13.8. The van der Waals surface area contributed by atoms with Crippen molar-refractivity contribution in [2.45, 2.75) is 58.0 Å². The van der Waals surface area contributed by atoms with Gasteiger partial charge in [-0.25, -0.2) is 4.39 Å². The number of hydrogen-bond donors (Lipinski definition) is 1. The van der Waals surface area contributed by atoms with Gasteiger partial charge in [-0.15, -0.1) is 0 Å². The SMILES string of the molecule is CC(N[C@@H](C)C1CCCCC1)c1ccc(F)cc1Br. The lowest BCUT2D eigenvalue weighted by Gasteiger charge is -2.31. The number of nitrogens with one attached hydrogen (secondary N) is 1. The first-order valence-corrected chi connectivity index (χ1v) is 8.08. The molecular weight excluding hydrogens is 305 g/mol. The van der Waals surface area contributed by atoms with Crippen LogP contribution in [0.3, 0.4) is 0 Å². The number of benzene rings is 1. The third kappa shape index (κ3) is 4.03. The molecule has 0 amide bonds. The Morgan fingerprint density at radius 2 is 1.89 bits per heavy atom. The Kier molecular flexibility index (Phi) is 5.40. The summed E-state index contributed by atoms with van der Waals surface area (Å²) in [6.45, 7) is 4.43. The molecule has 1 saturated carbocycles. The molecule has 106 valence electrons. The van der Waals surface area contributed by atoms with Gasteiger partial charge in [0.15, 0.2) is 0 Å². The van der Waals surface area contributed by atoms with E-state index in [1.165, 1.54) is 38.2 Å². The number of hydrogen-bond acceptors (Lipinski definition) is 1. The molecule has 0 bridgehead atoms. The van der Waals surface area contributed by atoms with E-state index in [-0.39, 0.29) is 11.9 Å². The van der Waals surface area contributed by atoms with Crippen molar-refractivity contribution in [3.05, 3.63) is 34.1 Å². The van der Waals surface area contributed by atoms with Gasteiger partial charge in [0.25, 0.3) is 0 Å². The largest absolute Gasteiger partial charge is 0.307 e. The van der Waals surface area contributed by atoms with Crippen LogP contribution in [-0.4, -0.2) is 6.04 Å². The smallest absolute Gasteiger partial charge is 0.124 e. The highest BCUT2D eigenvalue weighted by molar-refractivity contribution is 9.10. The summed E-state index contributed by atoms with van der Waals surface area (Å²) in [6.07, 6.45) is 6.80. The van der Waals surface area contributed by atoms with Gasteiger partial charge >= 0.3 is 0 Å². The third-order valence-electron chi connectivity index (χ3n) is 4.30. The highest BCUT2D eigenvalue weighted by Crippen LogP contribution is 2.29. The van der Waals surface area contributed by atoms with E-state index < -0.39 is 0 Å². The fourth-order valence-corrected chi connectivity index (χ4v) is 3.80. The molecule has 1 aliphatic rings. The van der Waals surface area contributed by atoms with E-state index >= 15 is 0 Å². The molecule has 3 heteroatoms. The fraction of sp³-hybridized carbons (Fsp3) is 0.625. The average molecular weight is 328 g/mol. The summed E-state index contributed by atoms with van der Waals surface area (Å²) >= 11 is 3.45. The Labute approximate surface area is 124 Å². The van der Waals surface area contributed by atoms with E-state index in [2.05, 4.69) is 35.1 Å². The van der Waals surface area contributed by atoms with Crippen molar-refractivity contribution in [3.8, 4) is 0 Å². The van der Waals surface area contributed by atoms with Gasteiger partial charge in [-0.3, -0.25) is 0 Å². The summed E-state index contributed by atoms with van der Waals surface area (Å²) in [6, 6.07) is 5.70. The monoisotopic (exact) mass is 327 g/mol. The van der Waals surface area contributed by atoms with Gasteiger partial charge in [-0.1, -0.05) is 41.3 Å². The van der Waals surface area contributed by atoms with Crippen molar-refractivity contribution in [2.24, 2.45) is 5.92 Å². The van der Waals surface area contributed by atoms with Gasteiger partial charge in [0, 0.05) is 16.6 Å². The maximum absolute atomic E-state index is 13.1. The van der Waals surface area contributed by atoms with E-state index in [9.17, 15) is 4.39 Å². The highest BCUT2D eigenvalue weighted by atomic mass is 79.9. The minimum atomic E-state index is -0.192. The summed E-state index contributed by atoms with van der Waals surface area (Å²) in [5.41, 5.74) is 1.13. The van der Waals surface area contributed by atoms with E-state index in [1.54, 1.807) is 6.07 Å². The molecule has 2 atom stereocenters. The van der Waals surface area contributed by atoms with Crippen molar-refractivity contribution in [1.29, 1.82) is 0 Å². The van der Waals surface area contributed by atoms with Gasteiger partial charge < -0.3 is 5.32 Å². The Hall–Kier alpha value is -0.410. The van der Waals surface area contributed by atoms with E-state index in [0.29, 0.717) is 6.04 Å². The predicted octanol–water partition coefficient (Wildman–Crippen LogP) is 5.21. The zero-order valence-electron chi connectivity index (χ0n) is 11.8. The van der Waals surface area contributed by atoms with Crippen molar-refractivity contribution < 1.29 is 4.39 Å². The van der Waals surface area contributed by atoms with Crippen LogP contribution in [0, 0.1) is 11.7 Å². The van der Waals surface area contributed by atoms with Crippen LogP contribution in [0.5, 0.6) is 0 Å². The lowest BCUT2D eigenvalue weighted by atomic mass is 9.84. The Morgan fingerprint density at radius 3 is 2.53 bits per heavy atom. The molecule has 1 nitrogen and oxygen atoms in total. The third-order valence-corrected chi connectivity index (χ3v) is 4.99. The number of rotatable bonds is 4. The van der Waals surface area contributed by atoms with Gasteiger partial charge in [0.1, 0.15) is 5.82 Å². The highest BCUT2D eigenvalue weighted by Gasteiger charge is 2.22. The van der Waals surface area contributed by atoms with Crippen molar-refractivity contribution in [1.82, 2.24) is 5.32 Å². The van der Waals surface area contributed by atoms with Crippen LogP contribution in [0.15, 0.2) is 22.7 Å². The molecule has 0 aliphatic heterocycles. The van der Waals surface area contributed by atoms with Crippen molar-refractivity contribution >= 4 is 15.9 Å². The standard InChI is InChI=1S/C16H23BrFN/c1-11(13-6-4-3-5-7-13)19-12(2)15-9-8-14(18)10-16(15)17/h8-13,19H,3-7H2,1-2H3/t11-,12?/m0/s1. The van der Waals surface area contributed by atoms with Gasteiger partial charge in [0.2, 0.25) is 0 Å². The second kappa shape index (κ2) is 6.85. The van der Waals surface area contributed by atoms with E-state index in [0.717, 1.165) is 16.0 Å². The van der Waals surface area contributed by atoms with Gasteiger partial charge in [-0.2, -0.15) is 0 Å². The maximum Gasteiger partial charge on any atom is 0.124 e. The molecule has 1 N–H and O–H groups in total. The molecule has 1 unspecified atom stereocenters. The molecule has 1 aromatic carbocycles. The molecule has 2 rings (SSSR count). The molecule has 1 fully saturated rings. The molecule has 0 radical (unpaired) electrons. The van der Waals surface area contributed by atoms with Gasteiger partial charge in [0.05, 0.1) is 0 Å². The fourth-order valence-electron chi connectivity index (χ4n) is 3.11. The molecule has 0 aromatic heterocycles. The lowest BCUT2D eigenvalue weighted by molar-refractivity contribution is 0.268. The molecule has 0 heterocycles. The van der Waals surface area contributed by atoms with Crippen molar-refractivity contribution in [3.63, 3.8) is 0 Å². The quantitative estimate of drug-likeness (QED) is 0.800. The summed E-state index contributed by atoms with van der Waals surface area (Å²) in [5.74, 6) is 0.596. The first kappa shape index (κ1) is 15.0. The summed E-state index contributed by atoms with van der Waals surface area (Å²) in [7, 11) is 0. The van der Waals surface area contributed by atoms with Gasteiger partial charge in [-0.05, 0) is 50.3 Å². The second-order valence-corrected chi connectivity index (χ2v) is 6.60. The maximum atomic E-state index is 13.1. The van der Waals surface area contributed by atoms with E-state index in [4.69, 9.17) is 0 Å². The first-order chi connectivity index (χ1) is 9.08. The first-order valence-electron chi connectivity index (χ1n) is 7.29. The topological polar surface area (TPSA) is 12.0 Å². The Bertz CT molecular complexity index is 415. The number of halogens is 2. The normalized spacial score (nSPS) is 20.2. The van der Waals surface area contributed by atoms with Crippen LogP contribution < -0.4 is 5.32 Å². The average Bonchev–Trinajstić information content (AvgIpc) is 2.39. The van der Waals surface area contributed by atoms with Crippen LogP contribution in [0.1, 0.15) is 57.6 Å². The Balaban J connectivity index is 1.97. The minimum Gasteiger partial charge on any atom is -0.307 e. The summed E-state index contributed by atoms with van der Waals surface area (Å²) in [5, 5.41) is 3.67. The zero-order valence-corrected chi connectivity index (χ0v) is 13.3. The van der Waals surface area contributed by atoms with Crippen LogP contribution >= 0.6 is 15.9 Å². The van der Waals surface area contributed by atoms with Crippen LogP contribution in [0.2, 0.25) is 0 Å². The van der Waals surface area contributed by atoms with E-state index in [1.807, 2.05) is 6.07 Å². The molecule has 0 saturated heterocycles. The van der Waals surface area contributed by atoms with Crippen LogP contribution in [-0.2, 0) is 0 Å². The van der Waals surface area contributed by atoms with Crippen LogP contribution in [0.4, 0.5) is 4.39 Å². The summed E-state index contributed by atoms with van der Waals surface area (Å²) in [4.78, 5) is 0. The molecular formula is C16H23BrFN. The minimum absolute atomic E-state index is 0.192. The second-order valence-electron chi connectivity index (χ2n) is 5.74. The molecule has 19 heavy (non-hydrogen) atoms. The lowest BCUT2D eigenvalue weighted by Crippen LogP contribution is -2.36. The molecule has 1 aromatic rings. The van der Waals surface area contributed by atoms with Crippen molar-refractivity contribution in [2.75, 3.05) is 0 Å². The Morgan fingerprint density at radius 1 is 1.21 bits per heavy atom.